The largest absolute Gasteiger partial charge is 0.394 e. The van der Waals surface area contributed by atoms with Gasteiger partial charge in [-0.25, -0.2) is 4.39 Å². The van der Waals surface area contributed by atoms with E-state index in [2.05, 4.69) is 10.6 Å². The third kappa shape index (κ3) is 4.63. The van der Waals surface area contributed by atoms with Crippen LogP contribution in [0.15, 0.2) is 54.6 Å². The number of amides is 1. The van der Waals surface area contributed by atoms with Crippen LogP contribution in [0.5, 0.6) is 0 Å². The highest BCUT2D eigenvalue weighted by Gasteiger charge is 2.29. The van der Waals surface area contributed by atoms with E-state index < -0.39 is 5.54 Å². The Hall–Kier alpha value is -2.24. The molecular formula is C19H23FN2O2. The SMILES string of the molecule is CC[C@](CO)(NCC(=O)NCc1ccc(F)cc1)c1ccccc1. The van der Waals surface area contributed by atoms with Crippen molar-refractivity contribution >= 4 is 5.91 Å². The fourth-order valence-electron chi connectivity index (χ4n) is 2.56. The summed E-state index contributed by atoms with van der Waals surface area (Å²) in [6, 6.07) is 15.6. The van der Waals surface area contributed by atoms with E-state index in [9.17, 15) is 14.3 Å². The molecule has 0 spiro atoms. The Labute approximate surface area is 141 Å². The zero-order valence-electron chi connectivity index (χ0n) is 13.8. The van der Waals surface area contributed by atoms with Gasteiger partial charge >= 0.3 is 0 Å². The van der Waals surface area contributed by atoms with Crippen molar-refractivity contribution in [1.82, 2.24) is 10.6 Å². The van der Waals surface area contributed by atoms with Crippen molar-refractivity contribution in [2.45, 2.75) is 25.4 Å². The Morgan fingerprint density at radius 3 is 2.38 bits per heavy atom. The number of carbonyl (C=O) groups excluding carboxylic acids is 1. The van der Waals surface area contributed by atoms with Crippen LogP contribution in [0.3, 0.4) is 0 Å². The van der Waals surface area contributed by atoms with Crippen LogP contribution in [0.25, 0.3) is 0 Å². The molecule has 0 aliphatic carbocycles. The van der Waals surface area contributed by atoms with E-state index in [0.717, 1.165) is 11.1 Å². The summed E-state index contributed by atoms with van der Waals surface area (Å²) in [7, 11) is 0. The first-order valence-electron chi connectivity index (χ1n) is 8.02. The Morgan fingerprint density at radius 1 is 1.12 bits per heavy atom. The third-order valence-electron chi connectivity index (χ3n) is 4.19. The maximum absolute atomic E-state index is 12.9. The molecule has 4 nitrogen and oxygen atoms in total. The third-order valence-corrected chi connectivity index (χ3v) is 4.19. The summed E-state index contributed by atoms with van der Waals surface area (Å²) >= 11 is 0. The maximum atomic E-state index is 12.9. The van der Waals surface area contributed by atoms with Gasteiger partial charge in [0.1, 0.15) is 5.82 Å². The quantitative estimate of drug-likeness (QED) is 0.696. The van der Waals surface area contributed by atoms with E-state index in [1.807, 2.05) is 37.3 Å². The zero-order valence-corrected chi connectivity index (χ0v) is 13.8. The van der Waals surface area contributed by atoms with E-state index >= 15 is 0 Å². The van der Waals surface area contributed by atoms with Crippen LogP contribution in [-0.2, 0) is 16.9 Å². The number of aliphatic hydroxyl groups is 1. The van der Waals surface area contributed by atoms with Gasteiger partial charge in [0.15, 0.2) is 0 Å². The monoisotopic (exact) mass is 330 g/mol. The fourth-order valence-corrected chi connectivity index (χ4v) is 2.56. The highest BCUT2D eigenvalue weighted by Crippen LogP contribution is 2.24. The second-order valence-corrected chi connectivity index (χ2v) is 5.72. The number of benzene rings is 2. The highest BCUT2D eigenvalue weighted by molar-refractivity contribution is 5.78. The van der Waals surface area contributed by atoms with Gasteiger partial charge in [0, 0.05) is 6.54 Å². The second-order valence-electron chi connectivity index (χ2n) is 5.72. The molecule has 2 aromatic carbocycles. The summed E-state index contributed by atoms with van der Waals surface area (Å²) in [6.07, 6.45) is 0.652. The van der Waals surface area contributed by atoms with E-state index in [1.54, 1.807) is 12.1 Å². The molecule has 0 aliphatic heterocycles. The molecule has 0 heterocycles. The molecule has 0 unspecified atom stereocenters. The smallest absolute Gasteiger partial charge is 0.234 e. The van der Waals surface area contributed by atoms with Crippen LogP contribution >= 0.6 is 0 Å². The summed E-state index contributed by atoms with van der Waals surface area (Å²) in [5, 5.41) is 15.8. The Balaban J connectivity index is 1.92. The Bertz CT molecular complexity index is 640. The molecule has 1 atom stereocenters. The number of rotatable bonds is 8. The predicted octanol–water partition coefficient (Wildman–Crippen LogP) is 2.33. The van der Waals surface area contributed by atoms with Crippen LogP contribution in [-0.4, -0.2) is 24.2 Å². The summed E-state index contributed by atoms with van der Waals surface area (Å²) < 4.78 is 12.9. The first-order chi connectivity index (χ1) is 11.6. The topological polar surface area (TPSA) is 61.4 Å². The van der Waals surface area contributed by atoms with Crippen molar-refractivity contribution in [3.05, 3.63) is 71.5 Å². The van der Waals surface area contributed by atoms with Gasteiger partial charge in [0.05, 0.1) is 18.7 Å². The molecule has 128 valence electrons. The lowest BCUT2D eigenvalue weighted by Crippen LogP contribution is -2.49. The number of carbonyl (C=O) groups is 1. The standard InChI is InChI=1S/C19H23FN2O2/c1-2-19(14-23,16-6-4-3-5-7-16)22-13-18(24)21-12-15-8-10-17(20)11-9-15/h3-11,22-23H,2,12-14H2,1H3,(H,21,24)/t19-/m1/s1. The molecule has 0 aliphatic rings. The first kappa shape index (κ1) is 18.1. The molecule has 2 rings (SSSR count). The normalized spacial score (nSPS) is 13.3. The molecule has 3 N–H and O–H groups in total. The van der Waals surface area contributed by atoms with E-state index in [-0.39, 0.29) is 24.9 Å². The molecule has 24 heavy (non-hydrogen) atoms. The number of aliphatic hydroxyl groups excluding tert-OH is 1. The lowest BCUT2D eigenvalue weighted by molar-refractivity contribution is -0.120. The molecule has 0 saturated carbocycles. The summed E-state index contributed by atoms with van der Waals surface area (Å²) in [5.41, 5.74) is 1.13. The summed E-state index contributed by atoms with van der Waals surface area (Å²) in [4.78, 5) is 12.1. The minimum Gasteiger partial charge on any atom is -0.394 e. The molecule has 0 saturated heterocycles. The van der Waals surface area contributed by atoms with E-state index in [4.69, 9.17) is 0 Å². The minimum absolute atomic E-state index is 0.0878. The van der Waals surface area contributed by atoms with Gasteiger partial charge in [0.25, 0.3) is 0 Å². The van der Waals surface area contributed by atoms with Crippen molar-refractivity contribution < 1.29 is 14.3 Å². The summed E-state index contributed by atoms with van der Waals surface area (Å²) in [6.45, 7) is 2.29. The van der Waals surface area contributed by atoms with Gasteiger partial charge in [-0.3, -0.25) is 10.1 Å². The van der Waals surface area contributed by atoms with Gasteiger partial charge in [0.2, 0.25) is 5.91 Å². The lowest BCUT2D eigenvalue weighted by atomic mass is 9.88. The Morgan fingerprint density at radius 2 is 1.79 bits per heavy atom. The summed E-state index contributed by atoms with van der Waals surface area (Å²) in [5.74, 6) is -0.480. The van der Waals surface area contributed by atoms with Crippen LogP contribution in [0, 0.1) is 5.82 Å². The number of hydrogen-bond donors (Lipinski definition) is 3. The van der Waals surface area contributed by atoms with Crippen molar-refractivity contribution in [1.29, 1.82) is 0 Å². The van der Waals surface area contributed by atoms with Gasteiger partial charge in [-0.05, 0) is 29.7 Å². The fraction of sp³-hybridized carbons (Fsp3) is 0.316. The van der Waals surface area contributed by atoms with Crippen LogP contribution in [0.4, 0.5) is 4.39 Å². The molecule has 1 amide bonds. The molecule has 0 fully saturated rings. The number of hydrogen-bond acceptors (Lipinski definition) is 3. The van der Waals surface area contributed by atoms with Crippen LogP contribution in [0.2, 0.25) is 0 Å². The minimum atomic E-state index is -0.644. The number of halogens is 1. The zero-order chi connectivity index (χ0) is 17.4. The van der Waals surface area contributed by atoms with Crippen molar-refractivity contribution in [3.63, 3.8) is 0 Å². The van der Waals surface area contributed by atoms with Crippen molar-refractivity contribution in [3.8, 4) is 0 Å². The highest BCUT2D eigenvalue weighted by atomic mass is 19.1. The van der Waals surface area contributed by atoms with E-state index in [1.165, 1.54) is 12.1 Å². The molecule has 0 aromatic heterocycles. The molecule has 0 radical (unpaired) electrons. The average molecular weight is 330 g/mol. The van der Waals surface area contributed by atoms with Gasteiger partial charge < -0.3 is 10.4 Å². The maximum Gasteiger partial charge on any atom is 0.234 e. The first-order valence-corrected chi connectivity index (χ1v) is 8.02. The molecular weight excluding hydrogens is 307 g/mol. The second kappa shape index (κ2) is 8.57. The van der Waals surface area contributed by atoms with Crippen molar-refractivity contribution in [2.75, 3.05) is 13.2 Å². The van der Waals surface area contributed by atoms with E-state index in [0.29, 0.717) is 13.0 Å². The number of nitrogens with one attached hydrogen (secondary N) is 2. The molecule has 5 heteroatoms. The van der Waals surface area contributed by atoms with Gasteiger partial charge in [-0.2, -0.15) is 0 Å². The van der Waals surface area contributed by atoms with Gasteiger partial charge in [-0.15, -0.1) is 0 Å². The molecule has 2 aromatic rings. The lowest BCUT2D eigenvalue weighted by Gasteiger charge is -2.32. The van der Waals surface area contributed by atoms with Gasteiger partial charge in [-0.1, -0.05) is 49.4 Å². The molecule has 0 bridgehead atoms. The van der Waals surface area contributed by atoms with Crippen LogP contribution in [0.1, 0.15) is 24.5 Å². The average Bonchev–Trinajstić information content (AvgIpc) is 2.63. The Kier molecular flexibility index (Phi) is 6.46. The van der Waals surface area contributed by atoms with Crippen molar-refractivity contribution in [2.24, 2.45) is 0 Å². The van der Waals surface area contributed by atoms with Crippen LogP contribution < -0.4 is 10.6 Å². The predicted molar refractivity (Wildman–Crippen MR) is 91.7 cm³/mol.